The molecule has 5 nitrogen and oxygen atoms in total. The quantitative estimate of drug-likeness (QED) is 0.848. The first-order chi connectivity index (χ1) is 12.8. The molecule has 148 valence electrons. The molecule has 2 fully saturated rings. The van der Waals surface area contributed by atoms with Crippen LogP contribution in [-0.4, -0.2) is 71.0 Å². The largest absolute Gasteiger partial charge is 0.391 e. The highest BCUT2D eigenvalue weighted by atomic mass is 32.2. The van der Waals surface area contributed by atoms with Crippen molar-refractivity contribution in [2.24, 2.45) is 5.41 Å². The smallest absolute Gasteiger partial charge is 0.257 e. The van der Waals surface area contributed by atoms with Crippen LogP contribution in [0.2, 0.25) is 0 Å². The number of rotatable bonds is 3. The Hall–Kier alpha value is -1.67. The minimum Gasteiger partial charge on any atom is -0.391 e. The summed E-state index contributed by atoms with van der Waals surface area (Å²) in [6.45, 7) is 1.65. The van der Waals surface area contributed by atoms with Gasteiger partial charge in [-0.15, -0.1) is 0 Å². The molecule has 1 atom stereocenters. The lowest BCUT2D eigenvalue weighted by Gasteiger charge is -2.49. The molecular formula is C19H24F2N2O3S. The Labute approximate surface area is 161 Å². The van der Waals surface area contributed by atoms with Crippen LogP contribution < -0.4 is 0 Å². The van der Waals surface area contributed by atoms with Gasteiger partial charge in [0.25, 0.3) is 5.91 Å². The summed E-state index contributed by atoms with van der Waals surface area (Å²) in [4.78, 5) is 28.1. The average Bonchev–Trinajstić information content (AvgIpc) is 2.63. The number of benzene rings is 1. The molecule has 1 aromatic rings. The molecular weight excluding hydrogens is 374 g/mol. The minimum atomic E-state index is -0.770. The van der Waals surface area contributed by atoms with Crippen molar-refractivity contribution in [3.05, 3.63) is 35.4 Å². The molecule has 2 aliphatic heterocycles. The van der Waals surface area contributed by atoms with Crippen LogP contribution in [0.5, 0.6) is 0 Å². The monoisotopic (exact) mass is 398 g/mol. The summed E-state index contributed by atoms with van der Waals surface area (Å²) in [7, 11) is 0. The number of hydrogen-bond acceptors (Lipinski definition) is 4. The summed E-state index contributed by atoms with van der Waals surface area (Å²) >= 11 is 1.49. The minimum absolute atomic E-state index is 0.100. The first kappa shape index (κ1) is 20.1. The van der Waals surface area contributed by atoms with Crippen LogP contribution in [0, 0.1) is 17.0 Å². The second-order valence-corrected chi connectivity index (χ2v) is 8.35. The van der Waals surface area contributed by atoms with Gasteiger partial charge in [0.05, 0.1) is 17.4 Å². The van der Waals surface area contributed by atoms with Crippen molar-refractivity contribution in [1.82, 2.24) is 9.80 Å². The fraction of sp³-hybridized carbons (Fsp3) is 0.579. The van der Waals surface area contributed by atoms with Crippen molar-refractivity contribution in [3.8, 4) is 0 Å². The SMILES string of the molecule is CSCC(=O)N1CCC2(CC1)CC(O)CN(C(=O)c1cc(F)ccc1F)C2. The summed E-state index contributed by atoms with van der Waals surface area (Å²) in [5.74, 6) is -1.51. The van der Waals surface area contributed by atoms with Gasteiger partial charge in [-0.1, -0.05) is 0 Å². The lowest BCUT2D eigenvalue weighted by Crippen LogP contribution is -2.56. The maximum Gasteiger partial charge on any atom is 0.257 e. The molecule has 8 heteroatoms. The van der Waals surface area contributed by atoms with Gasteiger partial charge in [0, 0.05) is 26.2 Å². The Bertz CT molecular complexity index is 723. The number of amides is 2. The number of thioether (sulfide) groups is 1. The molecule has 2 heterocycles. The van der Waals surface area contributed by atoms with Gasteiger partial charge in [-0.2, -0.15) is 11.8 Å². The van der Waals surface area contributed by atoms with Crippen molar-refractivity contribution in [2.75, 3.05) is 38.2 Å². The third kappa shape index (κ3) is 4.43. The van der Waals surface area contributed by atoms with E-state index in [1.54, 1.807) is 0 Å². The zero-order chi connectivity index (χ0) is 19.6. The fourth-order valence-corrected chi connectivity index (χ4v) is 4.58. The molecule has 27 heavy (non-hydrogen) atoms. The van der Waals surface area contributed by atoms with Gasteiger partial charge in [-0.05, 0) is 49.1 Å². The van der Waals surface area contributed by atoms with Crippen molar-refractivity contribution in [2.45, 2.75) is 25.4 Å². The predicted molar refractivity (Wildman–Crippen MR) is 99.5 cm³/mol. The summed E-state index contributed by atoms with van der Waals surface area (Å²) in [6, 6.07) is 2.81. The van der Waals surface area contributed by atoms with E-state index in [4.69, 9.17) is 0 Å². The first-order valence-corrected chi connectivity index (χ1v) is 10.4. The Balaban J connectivity index is 1.72. The van der Waals surface area contributed by atoms with E-state index in [0.29, 0.717) is 44.6 Å². The number of hydrogen-bond donors (Lipinski definition) is 1. The average molecular weight is 398 g/mol. The lowest BCUT2D eigenvalue weighted by molar-refractivity contribution is -0.131. The van der Waals surface area contributed by atoms with E-state index in [2.05, 4.69) is 0 Å². The molecule has 0 radical (unpaired) electrons. The molecule has 2 amide bonds. The number of carbonyl (C=O) groups is 2. The van der Waals surface area contributed by atoms with Crippen molar-refractivity contribution < 1.29 is 23.5 Å². The normalized spacial score (nSPS) is 22.1. The van der Waals surface area contributed by atoms with Gasteiger partial charge in [-0.25, -0.2) is 8.78 Å². The van der Waals surface area contributed by atoms with E-state index in [0.717, 1.165) is 18.2 Å². The van der Waals surface area contributed by atoms with Crippen molar-refractivity contribution >= 4 is 23.6 Å². The first-order valence-electron chi connectivity index (χ1n) is 9.03. The number of nitrogens with zero attached hydrogens (tertiary/aromatic N) is 2. The number of β-amino-alcohol motifs (C(OH)–C–C–N with tert-alkyl or cyclic N) is 1. The van der Waals surface area contributed by atoms with Crippen molar-refractivity contribution in [3.63, 3.8) is 0 Å². The number of halogens is 2. The molecule has 0 aromatic heterocycles. The highest BCUT2D eigenvalue weighted by Crippen LogP contribution is 2.40. The zero-order valence-corrected chi connectivity index (χ0v) is 16.1. The molecule has 1 unspecified atom stereocenters. The number of aliphatic hydroxyl groups excluding tert-OH is 1. The number of piperidine rings is 2. The van der Waals surface area contributed by atoms with Crippen LogP contribution in [0.15, 0.2) is 18.2 Å². The van der Waals surface area contributed by atoms with E-state index in [-0.39, 0.29) is 23.4 Å². The molecule has 1 N–H and O–H groups in total. The van der Waals surface area contributed by atoms with Crippen LogP contribution in [0.4, 0.5) is 8.78 Å². The van der Waals surface area contributed by atoms with Crippen LogP contribution in [-0.2, 0) is 4.79 Å². The zero-order valence-electron chi connectivity index (χ0n) is 15.3. The van der Waals surface area contributed by atoms with E-state index in [1.165, 1.54) is 16.7 Å². The third-order valence-electron chi connectivity index (χ3n) is 5.52. The van der Waals surface area contributed by atoms with Gasteiger partial charge in [0.2, 0.25) is 5.91 Å². The number of likely N-dealkylation sites (tertiary alicyclic amines) is 2. The van der Waals surface area contributed by atoms with E-state index < -0.39 is 23.6 Å². The number of aliphatic hydroxyl groups is 1. The van der Waals surface area contributed by atoms with Gasteiger partial charge < -0.3 is 14.9 Å². The molecule has 3 rings (SSSR count). The molecule has 0 aliphatic carbocycles. The van der Waals surface area contributed by atoms with E-state index in [1.807, 2.05) is 11.2 Å². The predicted octanol–water partition coefficient (Wildman–Crippen LogP) is 2.14. The Morgan fingerprint density at radius 3 is 2.63 bits per heavy atom. The topological polar surface area (TPSA) is 60.9 Å². The fourth-order valence-electron chi connectivity index (χ4n) is 4.15. The van der Waals surface area contributed by atoms with Gasteiger partial charge >= 0.3 is 0 Å². The molecule has 1 aromatic carbocycles. The number of carbonyl (C=O) groups excluding carboxylic acids is 2. The summed E-state index contributed by atoms with van der Waals surface area (Å²) in [5, 5.41) is 10.3. The summed E-state index contributed by atoms with van der Waals surface area (Å²) in [5.41, 5.74) is -0.611. The maximum atomic E-state index is 14.0. The highest BCUT2D eigenvalue weighted by Gasteiger charge is 2.43. The third-order valence-corrected chi connectivity index (χ3v) is 6.05. The second kappa shape index (κ2) is 8.14. The molecule has 2 aliphatic rings. The Morgan fingerprint density at radius 2 is 1.96 bits per heavy atom. The highest BCUT2D eigenvalue weighted by molar-refractivity contribution is 7.99. The van der Waals surface area contributed by atoms with Gasteiger partial charge in [-0.3, -0.25) is 9.59 Å². The molecule has 0 saturated carbocycles. The summed E-state index contributed by atoms with van der Waals surface area (Å²) < 4.78 is 27.5. The van der Waals surface area contributed by atoms with Crippen LogP contribution >= 0.6 is 11.8 Å². The molecule has 0 bridgehead atoms. The Kier molecular flexibility index (Phi) is 6.05. The van der Waals surface area contributed by atoms with Gasteiger partial charge in [0.1, 0.15) is 11.6 Å². The van der Waals surface area contributed by atoms with Gasteiger partial charge in [0.15, 0.2) is 0 Å². The van der Waals surface area contributed by atoms with Crippen LogP contribution in [0.1, 0.15) is 29.6 Å². The second-order valence-electron chi connectivity index (χ2n) is 7.48. The van der Waals surface area contributed by atoms with E-state index >= 15 is 0 Å². The Morgan fingerprint density at radius 1 is 1.26 bits per heavy atom. The van der Waals surface area contributed by atoms with Crippen LogP contribution in [0.3, 0.4) is 0 Å². The molecule has 1 spiro atoms. The van der Waals surface area contributed by atoms with E-state index in [9.17, 15) is 23.5 Å². The standard InChI is InChI=1S/C19H24F2N2O3S/c1-27-11-17(25)22-6-4-19(5-7-22)9-14(24)10-23(12-19)18(26)15-8-13(20)2-3-16(15)21/h2-3,8,14,24H,4-7,9-12H2,1H3. The lowest BCUT2D eigenvalue weighted by atomic mass is 9.71. The van der Waals surface area contributed by atoms with Crippen LogP contribution in [0.25, 0.3) is 0 Å². The maximum absolute atomic E-state index is 14.0. The molecule has 2 saturated heterocycles. The van der Waals surface area contributed by atoms with Crippen molar-refractivity contribution in [1.29, 1.82) is 0 Å². The summed E-state index contributed by atoms with van der Waals surface area (Å²) in [6.07, 6.45) is 3.08.